The molecule has 1 saturated heterocycles. The minimum Gasteiger partial charge on any atom is -0.490 e. The highest BCUT2D eigenvalue weighted by Crippen LogP contribution is 2.19. The highest BCUT2D eigenvalue weighted by atomic mass is 35.5. The van der Waals surface area contributed by atoms with Gasteiger partial charge in [0.15, 0.2) is 11.6 Å². The second-order valence-corrected chi connectivity index (χ2v) is 9.48. The van der Waals surface area contributed by atoms with Gasteiger partial charge in [0.05, 0.1) is 6.61 Å². The van der Waals surface area contributed by atoms with Crippen molar-refractivity contribution in [2.45, 2.75) is 39.2 Å². The van der Waals surface area contributed by atoms with E-state index in [1.165, 1.54) is 26.8 Å². The molecule has 1 heterocycles. The molecule has 1 aromatic carbocycles. The van der Waals surface area contributed by atoms with Gasteiger partial charge in [-0.2, -0.15) is 0 Å². The number of hydrogen-bond donors (Lipinski definition) is 1. The van der Waals surface area contributed by atoms with Crippen molar-refractivity contribution < 1.29 is 33.0 Å². The van der Waals surface area contributed by atoms with Crippen molar-refractivity contribution in [1.82, 2.24) is 20.0 Å². The van der Waals surface area contributed by atoms with E-state index in [4.69, 9.17) is 25.8 Å². The summed E-state index contributed by atoms with van der Waals surface area (Å²) in [5.41, 5.74) is -0.169. The molecule has 0 spiro atoms. The van der Waals surface area contributed by atoms with Crippen LogP contribution in [-0.4, -0.2) is 91.0 Å². The number of halogens is 2. The molecule has 1 aliphatic heterocycles. The maximum absolute atomic E-state index is 14.2. The van der Waals surface area contributed by atoms with Crippen LogP contribution in [0, 0.1) is 5.82 Å². The van der Waals surface area contributed by atoms with Gasteiger partial charge in [0.2, 0.25) is 0 Å². The molecule has 1 aromatic rings. The van der Waals surface area contributed by atoms with Gasteiger partial charge in [-0.1, -0.05) is 6.07 Å². The third-order valence-corrected chi connectivity index (χ3v) is 4.94. The Hall–Kier alpha value is -3.28. The molecule has 1 aliphatic rings. The first-order chi connectivity index (χ1) is 16.9. The average Bonchev–Trinajstić information content (AvgIpc) is 2.77. The number of carbonyl (C=O) groups is 3. The van der Waals surface area contributed by atoms with E-state index in [9.17, 15) is 18.8 Å². The number of alkyl halides is 1. The second-order valence-electron chi connectivity index (χ2n) is 9.10. The summed E-state index contributed by atoms with van der Waals surface area (Å²) in [5, 5.41) is 2.55. The Morgan fingerprint density at radius 3 is 2.44 bits per heavy atom. The van der Waals surface area contributed by atoms with Crippen LogP contribution in [0.15, 0.2) is 23.2 Å². The summed E-state index contributed by atoms with van der Waals surface area (Å²) in [6.07, 6.45) is -0.901. The van der Waals surface area contributed by atoms with Crippen molar-refractivity contribution in [2.24, 2.45) is 4.99 Å². The number of aliphatic imine (C=N–C) groups is 1. The molecule has 11 nitrogen and oxygen atoms in total. The van der Waals surface area contributed by atoms with Crippen LogP contribution in [0.5, 0.6) is 5.75 Å². The van der Waals surface area contributed by atoms with Gasteiger partial charge >= 0.3 is 24.2 Å². The summed E-state index contributed by atoms with van der Waals surface area (Å²) in [6, 6.07) is 3.98. The zero-order chi connectivity index (χ0) is 26.9. The van der Waals surface area contributed by atoms with Crippen molar-refractivity contribution in [3.05, 3.63) is 29.6 Å². The van der Waals surface area contributed by atoms with Crippen LogP contribution in [-0.2, 0) is 15.9 Å². The summed E-state index contributed by atoms with van der Waals surface area (Å²) in [4.78, 5) is 44.7. The SMILES string of the molecule is CN1CN(C(=NC(=O)OC(C)(C)C)OC(=O)NCCc2ccc(OCCCCl)c(F)c2)CN(C)C1=O. The Morgan fingerprint density at radius 2 is 1.86 bits per heavy atom. The van der Waals surface area contributed by atoms with Crippen LogP contribution >= 0.6 is 11.6 Å². The number of nitrogens with one attached hydrogen (secondary N) is 1. The standard InChI is InChI=1S/C23H33ClFN5O6/c1-23(2,3)36-21(32)27-19(30-14-28(4)22(33)29(5)15-30)35-20(31)26-11-9-16-7-8-18(17(25)13-16)34-12-6-10-24/h7-8,13H,6,9-12,14-15H2,1-5H3,(H,26,31). The second kappa shape index (κ2) is 13.1. The summed E-state index contributed by atoms with van der Waals surface area (Å²) in [6.45, 7) is 5.55. The summed E-state index contributed by atoms with van der Waals surface area (Å²) in [5.74, 6) is 0.0492. The topological polar surface area (TPSA) is 113 Å². The zero-order valence-corrected chi connectivity index (χ0v) is 21.9. The van der Waals surface area contributed by atoms with Crippen LogP contribution < -0.4 is 10.1 Å². The van der Waals surface area contributed by atoms with Gasteiger partial charge in [-0.25, -0.2) is 18.8 Å². The van der Waals surface area contributed by atoms with Crippen LogP contribution in [0.3, 0.4) is 0 Å². The maximum Gasteiger partial charge on any atom is 0.438 e. The Kier molecular flexibility index (Phi) is 10.6. The van der Waals surface area contributed by atoms with Crippen LogP contribution in [0.4, 0.5) is 18.8 Å². The molecule has 0 atom stereocenters. The molecular formula is C23H33ClFN5O6. The first kappa shape index (κ1) is 29.0. The van der Waals surface area contributed by atoms with Crippen molar-refractivity contribution in [3.8, 4) is 5.75 Å². The lowest BCUT2D eigenvalue weighted by Gasteiger charge is -2.39. The minimum absolute atomic E-state index is 0.0384. The average molecular weight is 530 g/mol. The molecule has 13 heteroatoms. The lowest BCUT2D eigenvalue weighted by molar-refractivity contribution is 0.0578. The van der Waals surface area contributed by atoms with E-state index < -0.39 is 23.6 Å². The van der Waals surface area contributed by atoms with E-state index in [2.05, 4.69) is 10.3 Å². The number of amidine groups is 1. The summed E-state index contributed by atoms with van der Waals surface area (Å²) in [7, 11) is 3.12. The lowest BCUT2D eigenvalue weighted by Crippen LogP contribution is -2.57. The van der Waals surface area contributed by atoms with Crippen molar-refractivity contribution in [1.29, 1.82) is 0 Å². The molecule has 0 aromatic heterocycles. The van der Waals surface area contributed by atoms with Crippen LogP contribution in [0.1, 0.15) is 32.8 Å². The van der Waals surface area contributed by atoms with E-state index >= 15 is 0 Å². The van der Waals surface area contributed by atoms with Gasteiger partial charge in [0, 0.05) is 26.5 Å². The van der Waals surface area contributed by atoms with E-state index in [-0.39, 0.29) is 37.7 Å². The van der Waals surface area contributed by atoms with Crippen LogP contribution in [0.2, 0.25) is 0 Å². The molecule has 0 saturated carbocycles. The number of ether oxygens (including phenoxy) is 3. The van der Waals surface area contributed by atoms with E-state index in [0.29, 0.717) is 30.9 Å². The zero-order valence-electron chi connectivity index (χ0n) is 21.2. The number of benzene rings is 1. The number of carbonyl (C=O) groups excluding carboxylic acids is 3. The Morgan fingerprint density at radius 1 is 1.19 bits per heavy atom. The van der Waals surface area contributed by atoms with Crippen LogP contribution in [0.25, 0.3) is 0 Å². The molecule has 4 amide bonds. The third kappa shape index (κ3) is 9.40. The number of amides is 4. The summed E-state index contributed by atoms with van der Waals surface area (Å²) >= 11 is 5.59. The minimum atomic E-state index is -0.948. The molecule has 1 N–H and O–H groups in total. The van der Waals surface area contributed by atoms with Crippen molar-refractivity contribution >= 4 is 35.8 Å². The maximum atomic E-state index is 14.2. The molecule has 2 rings (SSSR count). The summed E-state index contributed by atoms with van der Waals surface area (Å²) < 4.78 is 30.0. The van der Waals surface area contributed by atoms with E-state index in [1.54, 1.807) is 40.9 Å². The fourth-order valence-corrected chi connectivity index (χ4v) is 3.20. The Labute approximate surface area is 215 Å². The molecule has 0 radical (unpaired) electrons. The highest BCUT2D eigenvalue weighted by Gasteiger charge is 2.30. The number of alkyl carbamates (subject to hydrolysis) is 1. The van der Waals surface area contributed by atoms with Crippen molar-refractivity contribution in [3.63, 3.8) is 0 Å². The molecule has 0 bridgehead atoms. The lowest BCUT2D eigenvalue weighted by atomic mass is 10.1. The molecule has 0 unspecified atom stereocenters. The van der Waals surface area contributed by atoms with Gasteiger partial charge in [0.1, 0.15) is 18.9 Å². The fraction of sp³-hybridized carbons (Fsp3) is 0.565. The molecular weight excluding hydrogens is 497 g/mol. The fourth-order valence-electron chi connectivity index (χ4n) is 3.09. The quantitative estimate of drug-likeness (QED) is 0.248. The predicted octanol–water partition coefficient (Wildman–Crippen LogP) is 3.61. The third-order valence-electron chi connectivity index (χ3n) is 4.67. The van der Waals surface area contributed by atoms with Crippen molar-refractivity contribution in [2.75, 3.05) is 46.5 Å². The number of urea groups is 1. The van der Waals surface area contributed by atoms with E-state index in [0.717, 1.165) is 0 Å². The first-order valence-electron chi connectivity index (χ1n) is 11.4. The van der Waals surface area contributed by atoms with Gasteiger partial charge in [-0.15, -0.1) is 16.6 Å². The molecule has 1 fully saturated rings. The smallest absolute Gasteiger partial charge is 0.438 e. The highest BCUT2D eigenvalue weighted by molar-refractivity contribution is 6.17. The van der Waals surface area contributed by atoms with Gasteiger partial charge < -0.3 is 29.3 Å². The number of nitrogens with zero attached hydrogens (tertiary/aromatic N) is 4. The van der Waals surface area contributed by atoms with E-state index in [1.807, 2.05) is 0 Å². The normalized spacial score (nSPS) is 14.6. The monoisotopic (exact) mass is 529 g/mol. The molecule has 0 aliphatic carbocycles. The van der Waals surface area contributed by atoms with Gasteiger partial charge in [0.25, 0.3) is 0 Å². The Bertz CT molecular complexity index is 957. The first-order valence-corrected chi connectivity index (χ1v) is 11.9. The Balaban J connectivity index is 2.00. The number of rotatable bonds is 7. The largest absolute Gasteiger partial charge is 0.490 e. The molecule has 36 heavy (non-hydrogen) atoms. The van der Waals surface area contributed by atoms with Gasteiger partial charge in [-0.05, 0) is 51.3 Å². The molecule has 200 valence electrons. The predicted molar refractivity (Wildman–Crippen MR) is 132 cm³/mol. The van der Waals surface area contributed by atoms with Gasteiger partial charge in [-0.3, -0.25) is 4.90 Å². The number of hydrogen-bond acceptors (Lipinski definition) is 6.